The molecule has 0 N–H and O–H groups in total. The van der Waals surface area contributed by atoms with E-state index in [0.717, 1.165) is 23.5 Å². The molecule has 0 atom stereocenters. The summed E-state index contributed by atoms with van der Waals surface area (Å²) in [7, 11) is 0. The maximum Gasteiger partial charge on any atom is 0.305 e. The summed E-state index contributed by atoms with van der Waals surface area (Å²) in [5, 5.41) is 0. The van der Waals surface area contributed by atoms with Crippen LogP contribution in [-0.2, 0) is 28.7 Å². The maximum atomic E-state index is 12.8. The fourth-order valence-corrected chi connectivity index (χ4v) is 5.46. The Balaban J connectivity index is 1.98. The molecule has 2 rings (SSSR count). The molecule has 0 bridgehead atoms. The lowest BCUT2D eigenvalue weighted by atomic mass is 10.3. The molecule has 2 amide bonds. The molecule has 0 aromatic carbocycles. The first-order valence-corrected chi connectivity index (χ1v) is 11.9. The van der Waals surface area contributed by atoms with Crippen molar-refractivity contribution in [2.24, 2.45) is 0 Å². The van der Waals surface area contributed by atoms with E-state index in [4.69, 9.17) is 33.9 Å². The number of nitrogens with zero attached hydrogens (tertiary/aromatic N) is 2. The molecule has 2 aliphatic heterocycles. The molecule has 2 aliphatic rings. The van der Waals surface area contributed by atoms with Crippen LogP contribution in [0.3, 0.4) is 0 Å². The Morgan fingerprint density at radius 3 is 1.50 bits per heavy atom. The maximum absolute atomic E-state index is 12.8. The lowest BCUT2D eigenvalue weighted by Gasteiger charge is -2.14. The van der Waals surface area contributed by atoms with Crippen LogP contribution in [-0.4, -0.2) is 68.5 Å². The van der Waals surface area contributed by atoms with Gasteiger partial charge >= 0.3 is 11.9 Å². The van der Waals surface area contributed by atoms with Gasteiger partial charge in [0.1, 0.15) is 8.64 Å². The zero-order valence-corrected chi connectivity index (χ0v) is 19.9. The predicted molar refractivity (Wildman–Crippen MR) is 123 cm³/mol. The average Bonchev–Trinajstić information content (AvgIpc) is 3.12. The molecule has 0 spiro atoms. The van der Waals surface area contributed by atoms with Gasteiger partial charge in [0.05, 0.1) is 23.0 Å². The highest BCUT2D eigenvalue weighted by atomic mass is 32.2. The Morgan fingerprint density at radius 1 is 0.800 bits per heavy atom. The number of carbonyl (C=O) groups excluding carboxylic acids is 4. The van der Waals surface area contributed by atoms with Crippen molar-refractivity contribution in [3.8, 4) is 0 Å². The highest BCUT2D eigenvalue weighted by molar-refractivity contribution is 8.29. The van der Waals surface area contributed by atoms with E-state index in [0.29, 0.717) is 34.7 Å². The predicted octanol–water partition coefficient (Wildman–Crippen LogP) is 2.61. The highest BCUT2D eigenvalue weighted by Crippen LogP contribution is 2.42. The third-order valence-corrected chi connectivity index (χ3v) is 7.07. The molecule has 2 saturated heterocycles. The van der Waals surface area contributed by atoms with Gasteiger partial charge in [0.15, 0.2) is 0 Å². The van der Waals surface area contributed by atoms with Gasteiger partial charge in [-0.05, 0) is 26.7 Å². The molecule has 2 heterocycles. The number of amides is 2. The highest BCUT2D eigenvalue weighted by Gasteiger charge is 2.41. The van der Waals surface area contributed by atoms with E-state index in [1.807, 2.05) is 0 Å². The second kappa shape index (κ2) is 11.8. The topological polar surface area (TPSA) is 93.2 Å². The molecule has 2 fully saturated rings. The van der Waals surface area contributed by atoms with Crippen molar-refractivity contribution in [2.45, 2.75) is 39.5 Å². The Labute approximate surface area is 194 Å². The standard InChI is InChI=1S/C18H22N2O6S4/c1-3-25-11(21)7-5-9-19-15(23)13(29-17(19)27)14-16(24)20(18(28)30-14)10-6-8-12(22)26-4-2/h3-10H2,1-2H3/b14-13+. The number of esters is 2. The molecule has 8 nitrogen and oxygen atoms in total. The molecular formula is C18H22N2O6S4. The quantitative estimate of drug-likeness (QED) is 0.258. The summed E-state index contributed by atoms with van der Waals surface area (Å²) in [5.41, 5.74) is 0. The number of thioether (sulfide) groups is 2. The van der Waals surface area contributed by atoms with Crippen molar-refractivity contribution in [3.05, 3.63) is 9.81 Å². The monoisotopic (exact) mass is 490 g/mol. The van der Waals surface area contributed by atoms with E-state index in [1.54, 1.807) is 13.8 Å². The van der Waals surface area contributed by atoms with Crippen LogP contribution in [0.15, 0.2) is 9.81 Å². The van der Waals surface area contributed by atoms with E-state index in [-0.39, 0.29) is 59.5 Å². The minimum atomic E-state index is -0.360. The fraction of sp³-hybridized carbons (Fsp3) is 0.556. The number of rotatable bonds is 10. The number of thiocarbonyl (C=S) groups is 2. The molecular weight excluding hydrogens is 468 g/mol. The van der Waals surface area contributed by atoms with Crippen LogP contribution < -0.4 is 0 Å². The molecule has 0 unspecified atom stereocenters. The van der Waals surface area contributed by atoms with E-state index in [9.17, 15) is 19.2 Å². The first kappa shape index (κ1) is 24.8. The third kappa shape index (κ3) is 6.25. The Bertz CT molecular complexity index is 734. The van der Waals surface area contributed by atoms with Crippen LogP contribution >= 0.6 is 48.0 Å². The van der Waals surface area contributed by atoms with E-state index >= 15 is 0 Å². The van der Waals surface area contributed by atoms with Crippen LogP contribution in [0.4, 0.5) is 0 Å². The lowest BCUT2D eigenvalue weighted by molar-refractivity contribution is -0.144. The molecule has 0 aromatic rings. The second-order valence-corrected chi connectivity index (χ2v) is 9.41. The van der Waals surface area contributed by atoms with Gasteiger partial charge in [0.25, 0.3) is 11.8 Å². The SMILES string of the molecule is CCOC(=O)CCCN1C(=O)/C(=C2\SC(=S)N(CCCC(=O)OCC)C2=O)SC1=S. The lowest BCUT2D eigenvalue weighted by Crippen LogP contribution is -2.31. The summed E-state index contributed by atoms with van der Waals surface area (Å²) in [6, 6.07) is 0. The third-order valence-electron chi connectivity index (χ3n) is 4.04. The van der Waals surface area contributed by atoms with Crippen LogP contribution in [0, 0.1) is 0 Å². The van der Waals surface area contributed by atoms with Crippen LogP contribution in [0.25, 0.3) is 0 Å². The molecule has 0 saturated carbocycles. The van der Waals surface area contributed by atoms with Crippen LogP contribution in [0.5, 0.6) is 0 Å². The van der Waals surface area contributed by atoms with Crippen molar-refractivity contribution in [1.82, 2.24) is 9.80 Å². The summed E-state index contributed by atoms with van der Waals surface area (Å²) in [6.45, 7) is 4.61. The van der Waals surface area contributed by atoms with E-state index < -0.39 is 0 Å². The fourth-order valence-electron chi connectivity index (χ4n) is 2.69. The van der Waals surface area contributed by atoms with Gasteiger partial charge in [-0.15, -0.1) is 0 Å². The summed E-state index contributed by atoms with van der Waals surface area (Å²) >= 11 is 12.7. The molecule has 30 heavy (non-hydrogen) atoms. The average molecular weight is 491 g/mol. The first-order valence-electron chi connectivity index (χ1n) is 9.43. The van der Waals surface area contributed by atoms with Gasteiger partial charge in [-0.1, -0.05) is 48.0 Å². The normalized spacial score (nSPS) is 19.1. The molecule has 164 valence electrons. The molecule has 0 aromatic heterocycles. The van der Waals surface area contributed by atoms with Crippen LogP contribution in [0.1, 0.15) is 39.5 Å². The zero-order valence-electron chi connectivity index (χ0n) is 16.6. The summed E-state index contributed by atoms with van der Waals surface area (Å²) in [6.07, 6.45) is 1.19. The van der Waals surface area contributed by atoms with Crippen molar-refractivity contribution in [2.75, 3.05) is 26.3 Å². The van der Waals surface area contributed by atoms with Gasteiger partial charge < -0.3 is 9.47 Å². The number of hydrogen-bond acceptors (Lipinski definition) is 10. The minimum Gasteiger partial charge on any atom is -0.466 e. The van der Waals surface area contributed by atoms with Crippen molar-refractivity contribution >= 4 is 80.4 Å². The second-order valence-electron chi connectivity index (χ2n) is 6.12. The van der Waals surface area contributed by atoms with Crippen molar-refractivity contribution in [3.63, 3.8) is 0 Å². The molecule has 0 aliphatic carbocycles. The van der Waals surface area contributed by atoms with Crippen LogP contribution in [0.2, 0.25) is 0 Å². The van der Waals surface area contributed by atoms with Gasteiger partial charge in [0.2, 0.25) is 0 Å². The Kier molecular flexibility index (Phi) is 9.72. The summed E-state index contributed by atoms with van der Waals surface area (Å²) in [5.74, 6) is -1.37. The largest absolute Gasteiger partial charge is 0.466 e. The van der Waals surface area contributed by atoms with Gasteiger partial charge in [-0.3, -0.25) is 29.0 Å². The smallest absolute Gasteiger partial charge is 0.305 e. The number of hydrogen-bond donors (Lipinski definition) is 0. The number of carbonyl (C=O) groups is 4. The Morgan fingerprint density at radius 2 is 1.17 bits per heavy atom. The summed E-state index contributed by atoms with van der Waals surface area (Å²) < 4.78 is 10.4. The van der Waals surface area contributed by atoms with E-state index in [1.165, 1.54) is 9.80 Å². The van der Waals surface area contributed by atoms with Crippen molar-refractivity contribution in [1.29, 1.82) is 0 Å². The Hall–Kier alpha value is -1.50. The summed E-state index contributed by atoms with van der Waals surface area (Å²) in [4.78, 5) is 51.8. The first-order chi connectivity index (χ1) is 14.3. The van der Waals surface area contributed by atoms with Gasteiger partial charge in [0, 0.05) is 25.9 Å². The minimum absolute atomic E-state index is 0.183. The van der Waals surface area contributed by atoms with Gasteiger partial charge in [-0.2, -0.15) is 0 Å². The number of ether oxygens (including phenoxy) is 2. The molecule has 12 heteroatoms. The van der Waals surface area contributed by atoms with Crippen molar-refractivity contribution < 1.29 is 28.7 Å². The van der Waals surface area contributed by atoms with Gasteiger partial charge in [-0.25, -0.2) is 0 Å². The molecule has 0 radical (unpaired) electrons. The van der Waals surface area contributed by atoms with E-state index in [2.05, 4.69) is 0 Å². The zero-order chi connectivity index (χ0) is 22.3.